The van der Waals surface area contributed by atoms with Crippen LogP contribution in [0.4, 0.5) is 0 Å². The van der Waals surface area contributed by atoms with Crippen molar-refractivity contribution in [3.63, 3.8) is 0 Å². The molecular weight excluding hydrogens is 344 g/mol. The van der Waals surface area contributed by atoms with Gasteiger partial charge in [-0.2, -0.15) is 0 Å². The fraction of sp³-hybridized carbons (Fsp3) is 0.962. The molecule has 0 radical (unpaired) electrons. The van der Waals surface area contributed by atoms with E-state index in [4.69, 9.17) is 4.74 Å². The number of ether oxygens (including phenoxy) is 1. The van der Waals surface area contributed by atoms with E-state index in [1.54, 1.807) is 0 Å². The van der Waals surface area contributed by atoms with Crippen LogP contribution in [0.25, 0.3) is 0 Å². The zero-order valence-electron chi connectivity index (χ0n) is 18.9. The van der Waals surface area contributed by atoms with Gasteiger partial charge in [0, 0.05) is 0 Å². The van der Waals surface area contributed by atoms with E-state index >= 15 is 0 Å². The highest BCUT2D eigenvalue weighted by atomic mass is 16.5. The van der Waals surface area contributed by atoms with Crippen LogP contribution in [0.3, 0.4) is 0 Å². The lowest BCUT2D eigenvalue weighted by molar-refractivity contribution is -0.167. The van der Waals surface area contributed by atoms with E-state index in [0.29, 0.717) is 0 Å². The molecule has 0 amide bonds. The van der Waals surface area contributed by atoms with Gasteiger partial charge in [0.2, 0.25) is 0 Å². The molecule has 3 aliphatic carbocycles. The molecule has 3 fully saturated rings. The number of carbonyl (C=O) groups excluding carboxylic acids is 1. The van der Waals surface area contributed by atoms with Crippen LogP contribution in [0, 0.1) is 23.2 Å². The summed E-state index contributed by atoms with van der Waals surface area (Å²) in [6.07, 6.45) is 22.9. The first-order chi connectivity index (χ1) is 13.7. The fourth-order valence-corrected chi connectivity index (χ4v) is 6.56. The van der Waals surface area contributed by atoms with Crippen LogP contribution in [-0.4, -0.2) is 12.1 Å². The van der Waals surface area contributed by atoms with Crippen LogP contribution in [0.15, 0.2) is 0 Å². The minimum absolute atomic E-state index is 0.151. The molecule has 0 bridgehead atoms. The zero-order valence-corrected chi connectivity index (χ0v) is 18.9. The highest BCUT2D eigenvalue weighted by Crippen LogP contribution is 2.48. The van der Waals surface area contributed by atoms with E-state index < -0.39 is 0 Å². The van der Waals surface area contributed by atoms with Gasteiger partial charge in [-0.3, -0.25) is 4.79 Å². The van der Waals surface area contributed by atoms with Crippen LogP contribution >= 0.6 is 0 Å². The second-order valence-electron chi connectivity index (χ2n) is 10.5. The van der Waals surface area contributed by atoms with Gasteiger partial charge in [-0.15, -0.1) is 0 Å². The van der Waals surface area contributed by atoms with Crippen molar-refractivity contribution in [2.45, 2.75) is 136 Å². The van der Waals surface area contributed by atoms with Gasteiger partial charge in [0.25, 0.3) is 0 Å². The summed E-state index contributed by atoms with van der Waals surface area (Å²) in [6.45, 7) is 4.54. The molecule has 0 atom stereocenters. The summed E-state index contributed by atoms with van der Waals surface area (Å²) in [5.41, 5.74) is -0.151. The number of carbonyl (C=O) groups is 1. The first kappa shape index (κ1) is 22.2. The average molecular weight is 391 g/mol. The summed E-state index contributed by atoms with van der Waals surface area (Å²) in [5, 5.41) is 0. The molecule has 0 aromatic carbocycles. The Morgan fingerprint density at radius 3 is 2.07 bits per heavy atom. The maximum absolute atomic E-state index is 13.4. The minimum atomic E-state index is -0.151. The van der Waals surface area contributed by atoms with Crippen molar-refractivity contribution in [3.8, 4) is 0 Å². The summed E-state index contributed by atoms with van der Waals surface area (Å²) >= 11 is 0. The van der Waals surface area contributed by atoms with Crippen LogP contribution in [-0.2, 0) is 9.53 Å². The lowest BCUT2D eigenvalue weighted by atomic mass is 9.63. The third-order valence-electron chi connectivity index (χ3n) is 8.51. The van der Waals surface area contributed by atoms with Crippen molar-refractivity contribution in [1.82, 2.24) is 0 Å². The van der Waals surface area contributed by atoms with Gasteiger partial charge >= 0.3 is 5.97 Å². The van der Waals surface area contributed by atoms with E-state index in [9.17, 15) is 4.79 Å². The first-order valence-corrected chi connectivity index (χ1v) is 12.9. The van der Waals surface area contributed by atoms with Crippen molar-refractivity contribution >= 4 is 5.97 Å². The molecule has 0 saturated heterocycles. The molecule has 0 heterocycles. The number of rotatable bonds is 8. The van der Waals surface area contributed by atoms with Gasteiger partial charge in [-0.05, 0) is 75.5 Å². The molecule has 3 saturated carbocycles. The molecule has 0 aromatic heterocycles. The number of hydrogen-bond acceptors (Lipinski definition) is 2. The number of unbranched alkanes of at least 4 members (excludes halogenated alkanes) is 1. The molecule has 2 heteroatoms. The molecule has 0 aliphatic heterocycles. The molecule has 162 valence electrons. The van der Waals surface area contributed by atoms with Gasteiger partial charge in [0.15, 0.2) is 0 Å². The second-order valence-corrected chi connectivity index (χ2v) is 10.5. The maximum Gasteiger partial charge on any atom is 0.312 e. The Labute approximate surface area is 174 Å². The Bertz CT molecular complexity index is 449. The molecule has 2 nitrogen and oxygen atoms in total. The smallest absolute Gasteiger partial charge is 0.312 e. The fourth-order valence-electron chi connectivity index (χ4n) is 6.56. The maximum atomic E-state index is 13.4. The SMILES string of the molecule is CCCC[C@]1(C(=O)OC2CCC(CCC)CC2)CC[C@H](C2CCCCC2)CC1. The first-order valence-electron chi connectivity index (χ1n) is 12.9. The van der Waals surface area contributed by atoms with Crippen molar-refractivity contribution in [2.24, 2.45) is 23.2 Å². The van der Waals surface area contributed by atoms with Crippen molar-refractivity contribution in [1.29, 1.82) is 0 Å². The number of hydrogen-bond donors (Lipinski definition) is 0. The summed E-state index contributed by atoms with van der Waals surface area (Å²) in [6, 6.07) is 0. The second kappa shape index (κ2) is 11.0. The Morgan fingerprint density at radius 2 is 1.46 bits per heavy atom. The zero-order chi connectivity index (χ0) is 19.8. The van der Waals surface area contributed by atoms with Gasteiger partial charge in [-0.25, -0.2) is 0 Å². The van der Waals surface area contributed by atoms with E-state index in [1.807, 2.05) is 0 Å². The molecule has 0 unspecified atom stereocenters. The third-order valence-corrected chi connectivity index (χ3v) is 8.51. The van der Waals surface area contributed by atoms with Crippen LogP contribution < -0.4 is 0 Å². The van der Waals surface area contributed by atoms with Crippen molar-refractivity contribution in [2.75, 3.05) is 0 Å². The van der Waals surface area contributed by atoms with E-state index in [1.165, 1.54) is 83.5 Å². The Balaban J connectivity index is 1.53. The van der Waals surface area contributed by atoms with Crippen molar-refractivity contribution < 1.29 is 9.53 Å². The van der Waals surface area contributed by atoms with Gasteiger partial charge in [0.1, 0.15) is 6.10 Å². The van der Waals surface area contributed by atoms with E-state index in [0.717, 1.165) is 49.9 Å². The molecule has 3 aliphatic rings. The van der Waals surface area contributed by atoms with Crippen molar-refractivity contribution in [3.05, 3.63) is 0 Å². The summed E-state index contributed by atoms with van der Waals surface area (Å²) in [4.78, 5) is 13.4. The van der Waals surface area contributed by atoms with E-state index in [-0.39, 0.29) is 17.5 Å². The minimum Gasteiger partial charge on any atom is -0.462 e. The van der Waals surface area contributed by atoms with Crippen LogP contribution in [0.1, 0.15) is 129 Å². The Kier molecular flexibility index (Phi) is 8.72. The Morgan fingerprint density at radius 1 is 0.821 bits per heavy atom. The lowest BCUT2D eigenvalue weighted by Gasteiger charge is -2.42. The van der Waals surface area contributed by atoms with Gasteiger partial charge in [-0.1, -0.05) is 71.6 Å². The Hall–Kier alpha value is -0.530. The van der Waals surface area contributed by atoms with Gasteiger partial charge < -0.3 is 4.74 Å². The summed E-state index contributed by atoms with van der Waals surface area (Å²) in [5.74, 6) is 2.89. The predicted octanol–water partition coefficient (Wildman–Crippen LogP) is 7.84. The highest BCUT2D eigenvalue weighted by molar-refractivity contribution is 5.77. The average Bonchev–Trinajstić information content (AvgIpc) is 2.75. The molecule has 0 spiro atoms. The molecule has 3 rings (SSSR count). The molecule has 28 heavy (non-hydrogen) atoms. The topological polar surface area (TPSA) is 26.3 Å². The summed E-state index contributed by atoms with van der Waals surface area (Å²) < 4.78 is 6.20. The van der Waals surface area contributed by atoms with E-state index in [2.05, 4.69) is 13.8 Å². The standard InChI is InChI=1S/C26H46O2/c1-3-5-18-26(19-16-23(17-20-26)22-10-7-6-8-11-22)25(27)28-24-14-12-21(9-4-2)13-15-24/h21-24H,3-20H2,1-2H3/t21?,23-,24?,26-. The third kappa shape index (κ3) is 5.76. The molecule has 0 N–H and O–H groups in total. The quantitative estimate of drug-likeness (QED) is 0.395. The van der Waals surface area contributed by atoms with Gasteiger partial charge in [0.05, 0.1) is 5.41 Å². The number of esters is 1. The molecule has 0 aromatic rings. The van der Waals surface area contributed by atoms with Crippen LogP contribution in [0.5, 0.6) is 0 Å². The predicted molar refractivity (Wildman–Crippen MR) is 117 cm³/mol. The summed E-state index contributed by atoms with van der Waals surface area (Å²) in [7, 11) is 0. The highest BCUT2D eigenvalue weighted by Gasteiger charge is 2.44. The van der Waals surface area contributed by atoms with Crippen LogP contribution in [0.2, 0.25) is 0 Å². The monoisotopic (exact) mass is 390 g/mol. The lowest BCUT2D eigenvalue weighted by Crippen LogP contribution is -2.40. The largest absolute Gasteiger partial charge is 0.462 e. The molecular formula is C26H46O2. The normalized spacial score (nSPS) is 34.9.